The number of aromatic nitrogens is 3. The van der Waals surface area contributed by atoms with Crippen molar-refractivity contribution in [2.75, 3.05) is 5.32 Å². The number of carbonyl (C=O) groups excluding carboxylic acids is 1. The van der Waals surface area contributed by atoms with Gasteiger partial charge >= 0.3 is 0 Å². The van der Waals surface area contributed by atoms with E-state index in [4.69, 9.17) is 16.7 Å². The zero-order valence-corrected chi connectivity index (χ0v) is 16.2. The van der Waals surface area contributed by atoms with E-state index in [1.807, 2.05) is 47.0 Å². The Bertz CT molecular complexity index is 1160. The molecule has 0 saturated carbocycles. The number of pyridine rings is 1. The molecule has 1 amide bonds. The number of halogens is 1. The standard InChI is InChI=1S/C20H16ClN5OS/c21-15-4-2-1-3-13(15)9-20(27)25-14-5-6-17(19(10-14)28-22)26-12-24-16-7-8-23-11-18(16)26/h1-8,10-12H,9,22H2,(H,25,27). The number of nitrogens with one attached hydrogen (secondary N) is 1. The number of hydrogen-bond acceptors (Lipinski definition) is 5. The van der Waals surface area contributed by atoms with Gasteiger partial charge in [-0.25, -0.2) is 4.98 Å². The molecule has 2 heterocycles. The van der Waals surface area contributed by atoms with E-state index in [1.165, 1.54) is 0 Å². The highest BCUT2D eigenvalue weighted by Gasteiger charge is 2.12. The van der Waals surface area contributed by atoms with Crippen LogP contribution >= 0.6 is 23.5 Å². The van der Waals surface area contributed by atoms with Gasteiger partial charge in [0.25, 0.3) is 0 Å². The Morgan fingerprint density at radius 1 is 1.21 bits per heavy atom. The van der Waals surface area contributed by atoms with Crippen LogP contribution in [0.3, 0.4) is 0 Å². The lowest BCUT2D eigenvalue weighted by Crippen LogP contribution is -2.15. The molecular weight excluding hydrogens is 394 g/mol. The summed E-state index contributed by atoms with van der Waals surface area (Å²) in [7, 11) is 0. The van der Waals surface area contributed by atoms with Crippen molar-refractivity contribution in [3.05, 3.63) is 77.8 Å². The zero-order valence-electron chi connectivity index (χ0n) is 14.7. The van der Waals surface area contributed by atoms with Gasteiger partial charge < -0.3 is 5.32 Å². The molecule has 4 aromatic rings. The molecule has 0 fully saturated rings. The van der Waals surface area contributed by atoms with Gasteiger partial charge in [-0.15, -0.1) is 0 Å². The number of imidazole rings is 1. The first-order chi connectivity index (χ1) is 13.7. The summed E-state index contributed by atoms with van der Waals surface area (Å²) in [4.78, 5) is 21.7. The Kier molecular flexibility index (Phi) is 5.29. The second-order valence-corrected chi connectivity index (χ2v) is 7.18. The topological polar surface area (TPSA) is 85.8 Å². The molecule has 4 rings (SSSR count). The Labute approximate surface area is 170 Å². The predicted molar refractivity (Wildman–Crippen MR) is 113 cm³/mol. The van der Waals surface area contributed by atoms with Crippen molar-refractivity contribution in [3.63, 3.8) is 0 Å². The first-order valence-electron chi connectivity index (χ1n) is 8.47. The second-order valence-electron chi connectivity index (χ2n) is 6.10. The average Bonchev–Trinajstić information content (AvgIpc) is 3.13. The maximum absolute atomic E-state index is 12.4. The Balaban J connectivity index is 1.59. The predicted octanol–water partition coefficient (Wildman–Crippen LogP) is 4.22. The van der Waals surface area contributed by atoms with Crippen LogP contribution in [0.1, 0.15) is 5.56 Å². The lowest BCUT2D eigenvalue weighted by atomic mass is 10.1. The molecule has 3 N–H and O–H groups in total. The number of rotatable bonds is 5. The molecular formula is C20H16ClN5OS. The van der Waals surface area contributed by atoms with Crippen molar-refractivity contribution in [2.24, 2.45) is 5.14 Å². The summed E-state index contributed by atoms with van der Waals surface area (Å²) >= 11 is 7.24. The Morgan fingerprint density at radius 3 is 2.89 bits per heavy atom. The SMILES string of the molecule is NSc1cc(NC(=O)Cc2ccccc2Cl)ccc1-n1cnc2ccncc21. The molecule has 0 aliphatic heterocycles. The molecule has 0 saturated heterocycles. The Hall–Kier alpha value is -2.87. The molecule has 0 aliphatic carbocycles. The van der Waals surface area contributed by atoms with E-state index in [2.05, 4.69) is 15.3 Å². The van der Waals surface area contributed by atoms with Gasteiger partial charge in [0.15, 0.2) is 0 Å². The summed E-state index contributed by atoms with van der Waals surface area (Å²) < 4.78 is 1.92. The highest BCUT2D eigenvalue weighted by molar-refractivity contribution is 7.97. The molecule has 2 aromatic carbocycles. The number of anilines is 1. The van der Waals surface area contributed by atoms with Gasteiger partial charge in [-0.1, -0.05) is 29.8 Å². The fourth-order valence-corrected chi connectivity index (χ4v) is 3.64. The van der Waals surface area contributed by atoms with Crippen LogP contribution in [0.2, 0.25) is 5.02 Å². The third kappa shape index (κ3) is 3.73. The summed E-state index contributed by atoms with van der Waals surface area (Å²) in [5.74, 6) is -0.147. The van der Waals surface area contributed by atoms with Gasteiger partial charge in [-0.05, 0) is 47.8 Å². The number of benzene rings is 2. The summed E-state index contributed by atoms with van der Waals surface area (Å²) in [5, 5.41) is 9.36. The van der Waals surface area contributed by atoms with Crippen LogP contribution in [0.5, 0.6) is 0 Å². The monoisotopic (exact) mass is 409 g/mol. The maximum atomic E-state index is 12.4. The van der Waals surface area contributed by atoms with Gasteiger partial charge in [0.2, 0.25) is 5.91 Å². The molecule has 0 radical (unpaired) electrons. The summed E-state index contributed by atoms with van der Waals surface area (Å²) in [6.07, 6.45) is 5.39. The first kappa shape index (κ1) is 18.5. The highest BCUT2D eigenvalue weighted by Crippen LogP contribution is 2.28. The van der Waals surface area contributed by atoms with E-state index in [0.29, 0.717) is 10.7 Å². The average molecular weight is 410 g/mol. The highest BCUT2D eigenvalue weighted by atomic mass is 35.5. The molecule has 6 nitrogen and oxygen atoms in total. The number of fused-ring (bicyclic) bond motifs is 1. The summed E-state index contributed by atoms with van der Waals surface area (Å²) in [5.41, 5.74) is 4.04. The third-order valence-corrected chi connectivity index (χ3v) is 5.24. The van der Waals surface area contributed by atoms with Crippen LogP contribution in [-0.4, -0.2) is 20.4 Å². The van der Waals surface area contributed by atoms with E-state index in [1.54, 1.807) is 24.8 Å². The van der Waals surface area contributed by atoms with Crippen LogP contribution in [0.15, 0.2) is 72.1 Å². The molecule has 0 spiro atoms. The van der Waals surface area contributed by atoms with Crippen molar-refractivity contribution in [1.29, 1.82) is 0 Å². The van der Waals surface area contributed by atoms with Crippen molar-refractivity contribution < 1.29 is 4.79 Å². The lowest BCUT2D eigenvalue weighted by Gasteiger charge is -2.12. The largest absolute Gasteiger partial charge is 0.326 e. The van der Waals surface area contributed by atoms with Crippen molar-refractivity contribution in [1.82, 2.24) is 14.5 Å². The lowest BCUT2D eigenvalue weighted by molar-refractivity contribution is -0.115. The normalized spacial score (nSPS) is 10.9. The third-order valence-electron chi connectivity index (χ3n) is 4.29. The van der Waals surface area contributed by atoms with Crippen LogP contribution in [0.4, 0.5) is 5.69 Å². The number of amides is 1. The fraction of sp³-hybridized carbons (Fsp3) is 0.0500. The minimum atomic E-state index is -0.147. The quantitative estimate of drug-likeness (QED) is 0.482. The molecule has 28 heavy (non-hydrogen) atoms. The van der Waals surface area contributed by atoms with E-state index in [0.717, 1.165) is 39.1 Å². The van der Waals surface area contributed by atoms with Crippen LogP contribution < -0.4 is 10.5 Å². The molecule has 8 heteroatoms. The van der Waals surface area contributed by atoms with E-state index in [-0.39, 0.29) is 12.3 Å². The zero-order chi connectivity index (χ0) is 19.5. The molecule has 0 atom stereocenters. The number of carbonyl (C=O) groups is 1. The van der Waals surface area contributed by atoms with Gasteiger partial charge in [0, 0.05) is 21.8 Å². The van der Waals surface area contributed by atoms with Gasteiger partial charge in [0.1, 0.15) is 6.33 Å². The molecule has 140 valence electrons. The summed E-state index contributed by atoms with van der Waals surface area (Å²) in [6.45, 7) is 0. The number of hydrogen-bond donors (Lipinski definition) is 2. The maximum Gasteiger partial charge on any atom is 0.228 e. The number of nitrogens with zero attached hydrogens (tertiary/aromatic N) is 3. The van der Waals surface area contributed by atoms with Crippen molar-refractivity contribution in [3.8, 4) is 5.69 Å². The van der Waals surface area contributed by atoms with Crippen LogP contribution in [0, 0.1) is 0 Å². The van der Waals surface area contributed by atoms with Crippen LogP contribution in [0.25, 0.3) is 16.7 Å². The van der Waals surface area contributed by atoms with Crippen molar-refractivity contribution >= 4 is 46.2 Å². The minimum absolute atomic E-state index is 0.147. The van der Waals surface area contributed by atoms with Crippen LogP contribution in [-0.2, 0) is 11.2 Å². The van der Waals surface area contributed by atoms with Crippen molar-refractivity contribution in [2.45, 2.75) is 11.3 Å². The van der Waals surface area contributed by atoms with Gasteiger partial charge in [-0.2, -0.15) is 0 Å². The van der Waals surface area contributed by atoms with E-state index >= 15 is 0 Å². The number of nitrogens with two attached hydrogens (primary N) is 1. The second kappa shape index (κ2) is 8.02. The van der Waals surface area contributed by atoms with E-state index in [9.17, 15) is 4.79 Å². The molecule has 2 aromatic heterocycles. The van der Waals surface area contributed by atoms with Gasteiger partial charge in [0.05, 0.1) is 29.3 Å². The fourth-order valence-electron chi connectivity index (χ4n) is 2.95. The summed E-state index contributed by atoms with van der Waals surface area (Å²) in [6, 6.07) is 14.7. The molecule has 0 aliphatic rings. The minimum Gasteiger partial charge on any atom is -0.326 e. The Morgan fingerprint density at radius 2 is 2.07 bits per heavy atom. The van der Waals surface area contributed by atoms with Gasteiger partial charge in [-0.3, -0.25) is 19.5 Å². The van der Waals surface area contributed by atoms with E-state index < -0.39 is 0 Å². The smallest absolute Gasteiger partial charge is 0.228 e. The first-order valence-corrected chi connectivity index (χ1v) is 9.73. The molecule has 0 unspecified atom stereocenters. The molecule has 0 bridgehead atoms.